The molecule has 0 bridgehead atoms. The maximum Gasteiger partial charge on any atom is 0.344 e. The number of benzene rings is 1. The number of anilines is 1. The molecule has 1 atom stereocenters. The first-order valence-electron chi connectivity index (χ1n) is 8.53. The molecule has 2 fully saturated rings. The molecule has 3 aromatic rings. The Morgan fingerprint density at radius 3 is 2.73 bits per heavy atom. The number of nitrogens with one attached hydrogen (secondary N) is 1. The number of carboxylic acids is 1. The highest BCUT2D eigenvalue weighted by Gasteiger charge is 2.66. The Labute approximate surface area is 146 Å². The maximum absolute atomic E-state index is 15.4. The van der Waals surface area contributed by atoms with E-state index >= 15 is 4.39 Å². The van der Waals surface area contributed by atoms with E-state index in [1.165, 1.54) is 18.5 Å². The number of carboxylic acid groups (broad SMARTS) is 1. The van der Waals surface area contributed by atoms with Gasteiger partial charge in [0.25, 0.3) is 0 Å². The number of aromatic nitrogens is 3. The van der Waals surface area contributed by atoms with Crippen molar-refractivity contribution in [2.24, 2.45) is 5.41 Å². The lowest BCUT2D eigenvalue weighted by molar-refractivity contribution is -0.162. The third kappa shape index (κ3) is 1.81. The summed E-state index contributed by atoms with van der Waals surface area (Å²) < 4.78 is 29.0. The van der Waals surface area contributed by atoms with E-state index < -0.39 is 17.1 Å². The Hall–Kier alpha value is -2.77. The highest BCUT2D eigenvalue weighted by Crippen LogP contribution is 2.56. The molecule has 2 aliphatic rings. The van der Waals surface area contributed by atoms with Crippen LogP contribution in [0.25, 0.3) is 21.9 Å². The second kappa shape index (κ2) is 4.90. The van der Waals surface area contributed by atoms with Crippen molar-refractivity contribution in [2.75, 3.05) is 18.0 Å². The van der Waals surface area contributed by atoms with Crippen LogP contribution in [0.1, 0.15) is 19.3 Å². The summed E-state index contributed by atoms with van der Waals surface area (Å²) in [5.41, 5.74) is -2.07. The number of hydrogen-bond donors (Lipinski definition) is 2. The van der Waals surface area contributed by atoms with Crippen molar-refractivity contribution >= 4 is 33.7 Å². The lowest BCUT2D eigenvalue weighted by Crippen LogP contribution is -2.53. The average molecular weight is 358 g/mol. The number of fused-ring (bicyclic) bond motifs is 3. The second-order valence-electron chi connectivity index (χ2n) is 7.33. The summed E-state index contributed by atoms with van der Waals surface area (Å²) >= 11 is 0. The predicted molar refractivity (Wildman–Crippen MR) is 91.3 cm³/mol. The van der Waals surface area contributed by atoms with Gasteiger partial charge in [0.05, 0.1) is 17.4 Å². The number of aromatic amines is 1. The molecule has 1 aromatic carbocycles. The first kappa shape index (κ1) is 15.5. The fraction of sp³-hybridized carbons (Fsp3) is 0.389. The summed E-state index contributed by atoms with van der Waals surface area (Å²) in [5.74, 6) is -1.30. The van der Waals surface area contributed by atoms with Gasteiger partial charge in [-0.3, -0.25) is 0 Å². The summed E-state index contributed by atoms with van der Waals surface area (Å²) in [6, 6.07) is 4.35. The van der Waals surface area contributed by atoms with Crippen LogP contribution < -0.4 is 4.90 Å². The van der Waals surface area contributed by atoms with Crippen LogP contribution in [0, 0.1) is 11.2 Å². The molecule has 26 heavy (non-hydrogen) atoms. The molecule has 1 unspecified atom stereocenters. The molecule has 0 radical (unpaired) electrons. The van der Waals surface area contributed by atoms with E-state index in [9.17, 15) is 14.3 Å². The fourth-order valence-corrected chi connectivity index (χ4v) is 4.50. The summed E-state index contributed by atoms with van der Waals surface area (Å²) in [6.45, 7) is 0.0537. The topological polar surface area (TPSA) is 82.1 Å². The molecule has 0 amide bonds. The van der Waals surface area contributed by atoms with Crippen molar-refractivity contribution < 1.29 is 18.7 Å². The molecule has 2 aromatic heterocycles. The minimum atomic E-state index is -2.29. The molecule has 8 heteroatoms. The van der Waals surface area contributed by atoms with Crippen molar-refractivity contribution in [2.45, 2.75) is 24.9 Å². The number of H-pyrrole nitrogens is 1. The Morgan fingerprint density at radius 2 is 2.08 bits per heavy atom. The van der Waals surface area contributed by atoms with Crippen LogP contribution in [0.3, 0.4) is 0 Å². The number of alkyl halides is 1. The molecule has 6 nitrogen and oxygen atoms in total. The fourth-order valence-electron chi connectivity index (χ4n) is 4.50. The largest absolute Gasteiger partial charge is 0.479 e. The number of hydrogen-bond acceptors (Lipinski definition) is 4. The molecule has 1 aliphatic heterocycles. The minimum absolute atomic E-state index is 0.248. The van der Waals surface area contributed by atoms with Crippen molar-refractivity contribution in [3.8, 4) is 0 Å². The van der Waals surface area contributed by atoms with E-state index in [0.29, 0.717) is 41.8 Å². The van der Waals surface area contributed by atoms with Crippen LogP contribution in [0.5, 0.6) is 0 Å². The van der Waals surface area contributed by atoms with E-state index in [-0.39, 0.29) is 12.4 Å². The lowest BCUT2D eigenvalue weighted by atomic mass is 9.61. The minimum Gasteiger partial charge on any atom is -0.479 e. The molecular formula is C18H16F2N4O2. The van der Waals surface area contributed by atoms with Crippen molar-refractivity contribution in [1.29, 1.82) is 0 Å². The SMILES string of the molecule is O=C(O)C1(F)CN(c2ncnc3[nH]c4cc(F)ccc4c23)CC12CCC2. The third-order valence-corrected chi connectivity index (χ3v) is 6.02. The Bertz CT molecular complexity index is 1060. The van der Waals surface area contributed by atoms with Gasteiger partial charge in [-0.2, -0.15) is 0 Å². The van der Waals surface area contributed by atoms with E-state index in [1.54, 1.807) is 11.0 Å². The van der Waals surface area contributed by atoms with Gasteiger partial charge in [0.2, 0.25) is 5.67 Å². The van der Waals surface area contributed by atoms with E-state index in [1.807, 2.05) is 0 Å². The monoisotopic (exact) mass is 358 g/mol. The molecule has 1 saturated carbocycles. The molecule has 2 N–H and O–H groups in total. The van der Waals surface area contributed by atoms with Crippen LogP contribution in [-0.2, 0) is 4.79 Å². The second-order valence-corrected chi connectivity index (χ2v) is 7.33. The van der Waals surface area contributed by atoms with E-state index in [2.05, 4.69) is 15.0 Å². The zero-order chi connectivity index (χ0) is 18.1. The molecule has 3 heterocycles. The number of aliphatic carboxylic acids is 1. The van der Waals surface area contributed by atoms with Gasteiger partial charge < -0.3 is 15.0 Å². The van der Waals surface area contributed by atoms with Gasteiger partial charge in [-0.25, -0.2) is 23.5 Å². The molecule has 1 spiro atoms. The zero-order valence-electron chi connectivity index (χ0n) is 13.8. The first-order chi connectivity index (χ1) is 12.4. The Kier molecular flexibility index (Phi) is 2.92. The quantitative estimate of drug-likeness (QED) is 0.736. The summed E-state index contributed by atoms with van der Waals surface area (Å²) in [5, 5.41) is 10.9. The average Bonchev–Trinajstić information content (AvgIpc) is 3.09. The number of rotatable bonds is 2. The first-order valence-corrected chi connectivity index (χ1v) is 8.53. The van der Waals surface area contributed by atoms with Crippen molar-refractivity contribution in [1.82, 2.24) is 15.0 Å². The summed E-state index contributed by atoms with van der Waals surface area (Å²) in [7, 11) is 0. The van der Waals surface area contributed by atoms with Gasteiger partial charge in [0.15, 0.2) is 0 Å². The van der Waals surface area contributed by atoms with Crippen molar-refractivity contribution in [3.63, 3.8) is 0 Å². The lowest BCUT2D eigenvalue weighted by Gasteiger charge is -2.43. The van der Waals surface area contributed by atoms with Gasteiger partial charge in [-0.1, -0.05) is 6.42 Å². The van der Waals surface area contributed by atoms with Crippen LogP contribution in [0.4, 0.5) is 14.6 Å². The van der Waals surface area contributed by atoms with E-state index in [0.717, 1.165) is 11.8 Å². The number of carbonyl (C=O) groups is 1. The molecule has 5 rings (SSSR count). The van der Waals surface area contributed by atoms with E-state index in [4.69, 9.17) is 0 Å². The highest BCUT2D eigenvalue weighted by atomic mass is 19.1. The highest BCUT2D eigenvalue weighted by molar-refractivity contribution is 6.11. The van der Waals surface area contributed by atoms with Gasteiger partial charge in [0.1, 0.15) is 23.6 Å². The van der Waals surface area contributed by atoms with Gasteiger partial charge in [-0.05, 0) is 31.0 Å². The number of halogens is 2. The molecule has 1 aliphatic carbocycles. The standard InChI is InChI=1S/C18H16F2N4O2/c19-10-2-3-11-12(6-10)23-14-13(11)15(22-9-21-14)24-7-17(4-1-5-17)18(20,8-24)16(25)26/h2-3,6,9H,1,4-5,7-8H2,(H,25,26)(H,21,22,23). The number of nitrogens with zero attached hydrogens (tertiary/aromatic N) is 3. The predicted octanol–water partition coefficient (Wildman–Crippen LogP) is 3.03. The van der Waals surface area contributed by atoms with Crippen LogP contribution in [-0.4, -0.2) is 44.8 Å². The van der Waals surface area contributed by atoms with Crippen LogP contribution in [0.15, 0.2) is 24.5 Å². The Morgan fingerprint density at radius 1 is 1.27 bits per heavy atom. The van der Waals surface area contributed by atoms with Crippen molar-refractivity contribution in [3.05, 3.63) is 30.3 Å². The normalized spacial score (nSPS) is 24.5. The molecule has 1 saturated heterocycles. The van der Waals surface area contributed by atoms with Gasteiger partial charge in [-0.15, -0.1) is 0 Å². The molecule has 134 valence electrons. The van der Waals surface area contributed by atoms with Gasteiger partial charge in [0, 0.05) is 17.3 Å². The summed E-state index contributed by atoms with van der Waals surface area (Å²) in [6.07, 6.45) is 3.30. The molecular weight excluding hydrogens is 342 g/mol. The van der Waals surface area contributed by atoms with Gasteiger partial charge >= 0.3 is 5.97 Å². The summed E-state index contributed by atoms with van der Waals surface area (Å²) in [4.78, 5) is 25.0. The third-order valence-electron chi connectivity index (χ3n) is 6.02. The zero-order valence-corrected chi connectivity index (χ0v) is 13.8. The van der Waals surface area contributed by atoms with Crippen LogP contribution >= 0.6 is 0 Å². The van der Waals surface area contributed by atoms with Crippen LogP contribution in [0.2, 0.25) is 0 Å². The maximum atomic E-state index is 15.4. The Balaban J connectivity index is 1.68. The smallest absolute Gasteiger partial charge is 0.344 e.